The van der Waals surface area contributed by atoms with E-state index in [4.69, 9.17) is 16.2 Å². The van der Waals surface area contributed by atoms with Crippen LogP contribution in [0.4, 0.5) is 10.6 Å². The van der Waals surface area contributed by atoms with Crippen molar-refractivity contribution in [2.45, 2.75) is 38.1 Å². The quantitative estimate of drug-likeness (QED) is 0.542. The van der Waals surface area contributed by atoms with Crippen LogP contribution in [0.15, 0.2) is 23.3 Å². The first kappa shape index (κ1) is 19.8. The van der Waals surface area contributed by atoms with Crippen LogP contribution >= 0.6 is 12.4 Å². The Morgan fingerprint density at radius 3 is 2.81 bits per heavy atom. The molecule has 3 rings (SSSR count). The Hall–Kier alpha value is -2.53. The molecule has 0 aromatic carbocycles. The highest BCUT2D eigenvalue weighted by atomic mass is 35.5. The van der Waals surface area contributed by atoms with E-state index in [9.17, 15) is 10.1 Å². The summed E-state index contributed by atoms with van der Waals surface area (Å²) in [5.74, 6) is 0.771. The molecule has 5 N–H and O–H groups in total. The Morgan fingerprint density at radius 2 is 2.27 bits per heavy atom. The molecular formula is C17H23ClN6O2. The molecule has 3 atom stereocenters. The highest BCUT2D eigenvalue weighted by Crippen LogP contribution is 2.65. The Balaban J connectivity index is 0.00000243. The van der Waals surface area contributed by atoms with Crippen LogP contribution in [0.5, 0.6) is 0 Å². The van der Waals surface area contributed by atoms with Crippen LogP contribution in [0, 0.1) is 22.7 Å². The van der Waals surface area contributed by atoms with E-state index in [0.29, 0.717) is 11.7 Å². The number of amides is 1. The number of nitrogens with two attached hydrogens (primary N) is 2. The summed E-state index contributed by atoms with van der Waals surface area (Å²) in [6.45, 7) is 2.01. The number of pyridine rings is 1. The molecular weight excluding hydrogens is 356 g/mol. The summed E-state index contributed by atoms with van der Waals surface area (Å²) in [4.78, 5) is 20.3. The van der Waals surface area contributed by atoms with E-state index in [1.54, 1.807) is 19.2 Å². The molecule has 1 amide bonds. The fourth-order valence-electron chi connectivity index (χ4n) is 4.32. The zero-order valence-corrected chi connectivity index (χ0v) is 15.4. The van der Waals surface area contributed by atoms with Gasteiger partial charge in [-0.15, -0.1) is 12.4 Å². The number of fused-ring (bicyclic) bond motifs is 2. The molecule has 0 spiro atoms. The van der Waals surface area contributed by atoms with E-state index in [1.807, 2.05) is 6.07 Å². The average Bonchev–Trinajstić information content (AvgIpc) is 3.12. The fourth-order valence-corrected chi connectivity index (χ4v) is 4.32. The van der Waals surface area contributed by atoms with Crippen LogP contribution < -0.4 is 16.8 Å². The smallest absolute Gasteiger partial charge is 0.412 e. The Bertz CT molecular complexity index is 743. The van der Waals surface area contributed by atoms with E-state index in [-0.39, 0.29) is 25.0 Å². The van der Waals surface area contributed by atoms with E-state index in [0.717, 1.165) is 31.2 Å². The van der Waals surface area contributed by atoms with Gasteiger partial charge in [0.2, 0.25) is 0 Å². The number of rotatable bonds is 4. The number of anilines is 1. The van der Waals surface area contributed by atoms with Crippen molar-refractivity contribution in [2.24, 2.45) is 27.8 Å². The van der Waals surface area contributed by atoms with Crippen molar-refractivity contribution in [3.63, 3.8) is 0 Å². The number of hydrogen-bond donors (Lipinski definition) is 3. The lowest BCUT2D eigenvalue weighted by molar-refractivity contribution is 0.168. The van der Waals surface area contributed by atoms with E-state index in [2.05, 4.69) is 21.4 Å². The third-order valence-electron chi connectivity index (χ3n) is 5.27. The number of hydrogen-bond acceptors (Lipinski definition) is 5. The van der Waals surface area contributed by atoms with Gasteiger partial charge in [-0.2, -0.15) is 5.26 Å². The van der Waals surface area contributed by atoms with Crippen molar-refractivity contribution < 1.29 is 9.53 Å². The number of ether oxygens (including phenoxy) is 1. The molecule has 2 fully saturated rings. The van der Waals surface area contributed by atoms with E-state index >= 15 is 0 Å². The van der Waals surface area contributed by atoms with Gasteiger partial charge in [0, 0.05) is 6.20 Å². The van der Waals surface area contributed by atoms with Gasteiger partial charge in [0.15, 0.2) is 5.96 Å². The maximum atomic E-state index is 11.5. The SMILES string of the molecule is CCOC(=O)Nc1ccc(C2(N=C(N)N)CC3CCC2(C#N)C3)cn1.Cl. The molecule has 0 saturated heterocycles. The number of nitrogens with zero attached hydrogens (tertiary/aromatic N) is 3. The first-order valence-electron chi connectivity index (χ1n) is 8.37. The maximum absolute atomic E-state index is 11.5. The number of halogens is 1. The van der Waals surface area contributed by atoms with Crippen molar-refractivity contribution in [3.8, 4) is 6.07 Å². The lowest BCUT2D eigenvalue weighted by atomic mass is 9.66. The molecule has 1 aromatic heterocycles. The van der Waals surface area contributed by atoms with Gasteiger partial charge in [0.25, 0.3) is 0 Å². The second-order valence-electron chi connectivity index (χ2n) is 6.68. The summed E-state index contributed by atoms with van der Waals surface area (Å²) in [7, 11) is 0. The van der Waals surface area contributed by atoms with Crippen molar-refractivity contribution in [2.75, 3.05) is 11.9 Å². The van der Waals surface area contributed by atoms with Crippen molar-refractivity contribution in [3.05, 3.63) is 23.9 Å². The van der Waals surface area contributed by atoms with Gasteiger partial charge in [-0.1, -0.05) is 6.07 Å². The van der Waals surface area contributed by atoms with Crippen LogP contribution in [-0.4, -0.2) is 23.6 Å². The summed E-state index contributed by atoms with van der Waals surface area (Å²) in [5.41, 5.74) is 10.8. The fraction of sp³-hybridized carbons (Fsp3) is 0.529. The van der Waals surface area contributed by atoms with Crippen LogP contribution in [0.2, 0.25) is 0 Å². The van der Waals surface area contributed by atoms with Crippen LogP contribution in [-0.2, 0) is 10.3 Å². The van der Waals surface area contributed by atoms with Gasteiger partial charge >= 0.3 is 6.09 Å². The normalized spacial score (nSPS) is 28.5. The maximum Gasteiger partial charge on any atom is 0.412 e. The summed E-state index contributed by atoms with van der Waals surface area (Å²) in [6, 6.07) is 5.99. The van der Waals surface area contributed by atoms with Crippen molar-refractivity contribution in [1.82, 2.24) is 4.98 Å². The minimum Gasteiger partial charge on any atom is -0.450 e. The Labute approximate surface area is 158 Å². The number of carbonyl (C=O) groups excluding carboxylic acids is 1. The lowest BCUT2D eigenvalue weighted by Crippen LogP contribution is -2.43. The summed E-state index contributed by atoms with van der Waals surface area (Å²) < 4.78 is 4.83. The molecule has 0 radical (unpaired) electrons. The van der Waals surface area contributed by atoms with Gasteiger partial charge in [-0.05, 0) is 50.2 Å². The molecule has 2 aliphatic rings. The molecule has 2 saturated carbocycles. The second-order valence-corrected chi connectivity index (χ2v) is 6.68. The van der Waals surface area contributed by atoms with Crippen molar-refractivity contribution >= 4 is 30.3 Å². The predicted octanol–water partition coefficient (Wildman–Crippen LogP) is 2.25. The molecule has 140 valence electrons. The topological polar surface area (TPSA) is 139 Å². The number of aromatic nitrogens is 1. The molecule has 1 aromatic rings. The van der Waals surface area contributed by atoms with Gasteiger partial charge in [0.05, 0.1) is 18.1 Å². The largest absolute Gasteiger partial charge is 0.450 e. The Kier molecular flexibility index (Phi) is 5.62. The monoisotopic (exact) mass is 378 g/mol. The van der Waals surface area contributed by atoms with Crippen molar-refractivity contribution in [1.29, 1.82) is 5.26 Å². The highest BCUT2D eigenvalue weighted by Gasteiger charge is 2.63. The summed E-state index contributed by atoms with van der Waals surface area (Å²) >= 11 is 0. The van der Waals surface area contributed by atoms with Gasteiger partial charge in [-0.3, -0.25) is 5.32 Å². The molecule has 0 aliphatic heterocycles. The van der Waals surface area contributed by atoms with Gasteiger partial charge in [-0.25, -0.2) is 14.8 Å². The number of nitriles is 1. The molecule has 3 unspecified atom stereocenters. The molecule has 8 nitrogen and oxygen atoms in total. The molecule has 2 aliphatic carbocycles. The average molecular weight is 379 g/mol. The van der Waals surface area contributed by atoms with Crippen LogP contribution in [0.3, 0.4) is 0 Å². The summed E-state index contributed by atoms with van der Waals surface area (Å²) in [5, 5.41) is 12.4. The molecule has 9 heteroatoms. The standard InChI is InChI=1S/C17H22N6O2.ClH/c1-2-25-15(24)22-13-4-3-12(9-21-13)17(23-14(19)20)8-11-5-6-16(17,7-11)10-18;/h3-4,9,11H,2,5-8H2,1H3,(H4,19,20,23)(H,21,22,24);1H. The first-order chi connectivity index (χ1) is 11.9. The van der Waals surface area contributed by atoms with E-state index in [1.165, 1.54) is 0 Å². The Morgan fingerprint density at radius 1 is 1.50 bits per heavy atom. The number of aliphatic imine (C=N–C) groups is 1. The third-order valence-corrected chi connectivity index (χ3v) is 5.27. The summed E-state index contributed by atoms with van der Waals surface area (Å²) in [6.07, 6.45) is 4.39. The zero-order chi connectivity index (χ0) is 18.1. The molecule has 2 bridgehead atoms. The number of carbonyl (C=O) groups is 1. The predicted molar refractivity (Wildman–Crippen MR) is 99.6 cm³/mol. The third kappa shape index (κ3) is 3.15. The highest BCUT2D eigenvalue weighted by molar-refractivity contribution is 5.85. The number of nitrogens with one attached hydrogen (secondary N) is 1. The molecule has 1 heterocycles. The lowest BCUT2D eigenvalue weighted by Gasteiger charge is -2.39. The first-order valence-corrected chi connectivity index (χ1v) is 8.37. The van der Waals surface area contributed by atoms with Gasteiger partial charge < -0.3 is 16.2 Å². The minimum absolute atomic E-state index is 0. The zero-order valence-electron chi connectivity index (χ0n) is 14.6. The van der Waals surface area contributed by atoms with Gasteiger partial charge in [0.1, 0.15) is 11.4 Å². The minimum atomic E-state index is -0.779. The van der Waals surface area contributed by atoms with Crippen LogP contribution in [0.1, 0.15) is 38.2 Å². The van der Waals surface area contributed by atoms with Crippen LogP contribution in [0.25, 0.3) is 0 Å². The van der Waals surface area contributed by atoms with E-state index < -0.39 is 17.0 Å². The number of guanidine groups is 1. The second kappa shape index (κ2) is 7.38. The molecule has 26 heavy (non-hydrogen) atoms.